The summed E-state index contributed by atoms with van der Waals surface area (Å²) in [6.45, 7) is 3.86. The lowest BCUT2D eigenvalue weighted by Crippen LogP contribution is -2.19. The second-order valence-corrected chi connectivity index (χ2v) is 7.87. The van der Waals surface area contributed by atoms with Gasteiger partial charge < -0.3 is 9.64 Å². The number of hydrogen-bond donors (Lipinski definition) is 0. The van der Waals surface area contributed by atoms with Crippen molar-refractivity contribution < 1.29 is 4.74 Å². The summed E-state index contributed by atoms with van der Waals surface area (Å²) in [5.74, 6) is 0.919. The van der Waals surface area contributed by atoms with Crippen molar-refractivity contribution in [2.24, 2.45) is 0 Å². The van der Waals surface area contributed by atoms with Crippen molar-refractivity contribution in [1.29, 1.82) is 0 Å². The van der Waals surface area contributed by atoms with Crippen LogP contribution in [0.25, 0.3) is 11.1 Å². The van der Waals surface area contributed by atoms with Gasteiger partial charge in [-0.15, -0.1) is 0 Å². The van der Waals surface area contributed by atoms with Gasteiger partial charge in [0, 0.05) is 6.54 Å². The second-order valence-electron chi connectivity index (χ2n) is 7.87. The smallest absolute Gasteiger partial charge is 0.119 e. The van der Waals surface area contributed by atoms with E-state index in [4.69, 9.17) is 4.74 Å². The maximum absolute atomic E-state index is 5.91. The number of allylic oxidation sites excluding steroid dienone is 1. The van der Waals surface area contributed by atoms with Gasteiger partial charge in [-0.2, -0.15) is 0 Å². The lowest BCUT2D eigenvalue weighted by Gasteiger charge is -2.18. The molecule has 3 aromatic rings. The minimum absolute atomic E-state index is 0.694. The van der Waals surface area contributed by atoms with E-state index in [9.17, 15) is 0 Å². The molecule has 0 radical (unpaired) electrons. The molecule has 0 atom stereocenters. The Morgan fingerprint density at radius 2 is 1.30 bits per heavy atom. The van der Waals surface area contributed by atoms with Crippen LogP contribution in [0.5, 0.6) is 5.75 Å². The molecular weight excluding hydrogens is 366 g/mol. The summed E-state index contributed by atoms with van der Waals surface area (Å²) in [4.78, 5) is 2.13. The van der Waals surface area contributed by atoms with Gasteiger partial charge in [0.05, 0.1) is 0 Å². The van der Waals surface area contributed by atoms with Crippen molar-refractivity contribution in [3.8, 4) is 5.75 Å². The molecule has 0 aliphatic rings. The van der Waals surface area contributed by atoms with Crippen LogP contribution in [0.3, 0.4) is 0 Å². The van der Waals surface area contributed by atoms with Crippen LogP contribution >= 0.6 is 0 Å². The average Bonchev–Trinajstić information content (AvgIpc) is 2.78. The van der Waals surface area contributed by atoms with Gasteiger partial charge >= 0.3 is 0 Å². The van der Waals surface area contributed by atoms with Crippen LogP contribution in [-0.2, 0) is 0 Å². The van der Waals surface area contributed by atoms with E-state index in [2.05, 4.69) is 111 Å². The highest BCUT2D eigenvalue weighted by atomic mass is 16.5. The molecule has 0 spiro atoms. The molecule has 0 aliphatic carbocycles. The molecular formula is C28H33NO. The number of nitrogens with zero attached hydrogens (tertiary/aromatic N) is 1. The fraction of sp³-hybridized carbons (Fsp3) is 0.286. The van der Waals surface area contributed by atoms with Gasteiger partial charge in [-0.05, 0) is 66.9 Å². The maximum atomic E-state index is 5.91. The third-order valence-electron chi connectivity index (χ3n) is 5.22. The molecule has 0 amide bonds. The topological polar surface area (TPSA) is 12.5 Å². The predicted octanol–water partition coefficient (Wildman–Crippen LogP) is 6.78. The number of benzene rings is 3. The molecule has 0 fully saturated rings. The Balaban J connectivity index is 2.03. The van der Waals surface area contributed by atoms with E-state index in [1.807, 2.05) is 0 Å². The van der Waals surface area contributed by atoms with Crippen molar-refractivity contribution >= 4 is 11.1 Å². The van der Waals surface area contributed by atoms with Crippen molar-refractivity contribution in [3.05, 3.63) is 102 Å². The van der Waals surface area contributed by atoms with Crippen LogP contribution in [0.15, 0.2) is 84.9 Å². The van der Waals surface area contributed by atoms with Crippen LogP contribution in [-0.4, -0.2) is 32.1 Å². The number of likely N-dealkylation sites (N-methyl/N-ethyl adjacent to an activating group) is 1. The number of ether oxygens (including phenoxy) is 1. The molecule has 156 valence electrons. The summed E-state index contributed by atoms with van der Waals surface area (Å²) < 4.78 is 5.91. The Kier molecular flexibility index (Phi) is 8.29. The standard InChI is InChI=1S/C28H33NO/c1-4-5-16-27(23-12-8-6-9-13-23)28(24-14-10-7-11-15-24)25-17-19-26(20-18-25)30-22-21-29(2)3/h6-15,17-20H,4-5,16,21-22H2,1-3H3/b28-27-. The van der Waals surface area contributed by atoms with E-state index in [0.29, 0.717) is 6.61 Å². The predicted molar refractivity (Wildman–Crippen MR) is 129 cm³/mol. The van der Waals surface area contributed by atoms with Gasteiger partial charge in [-0.25, -0.2) is 0 Å². The van der Waals surface area contributed by atoms with E-state index in [0.717, 1.165) is 18.7 Å². The zero-order valence-electron chi connectivity index (χ0n) is 18.5. The molecule has 0 saturated carbocycles. The molecule has 2 nitrogen and oxygen atoms in total. The van der Waals surface area contributed by atoms with Crippen LogP contribution < -0.4 is 4.74 Å². The minimum Gasteiger partial charge on any atom is -0.492 e. The largest absolute Gasteiger partial charge is 0.492 e. The Hall–Kier alpha value is -2.84. The molecule has 30 heavy (non-hydrogen) atoms. The Morgan fingerprint density at radius 3 is 1.87 bits per heavy atom. The van der Waals surface area contributed by atoms with E-state index < -0.39 is 0 Å². The minimum atomic E-state index is 0.694. The lowest BCUT2D eigenvalue weighted by molar-refractivity contribution is 0.261. The highest BCUT2D eigenvalue weighted by Crippen LogP contribution is 2.36. The first-order valence-corrected chi connectivity index (χ1v) is 10.9. The van der Waals surface area contributed by atoms with Crippen molar-refractivity contribution in [3.63, 3.8) is 0 Å². The van der Waals surface area contributed by atoms with Gasteiger partial charge in [0.25, 0.3) is 0 Å². The van der Waals surface area contributed by atoms with Crippen molar-refractivity contribution in [2.75, 3.05) is 27.2 Å². The summed E-state index contributed by atoms with van der Waals surface area (Å²) >= 11 is 0. The zero-order chi connectivity index (χ0) is 21.2. The van der Waals surface area contributed by atoms with Crippen molar-refractivity contribution in [1.82, 2.24) is 4.90 Å². The quantitative estimate of drug-likeness (QED) is 0.349. The molecule has 3 rings (SSSR count). The van der Waals surface area contributed by atoms with Crippen molar-refractivity contribution in [2.45, 2.75) is 26.2 Å². The lowest BCUT2D eigenvalue weighted by atomic mass is 9.87. The SMILES string of the molecule is CCCC/C(=C(\c1ccccc1)c1ccc(OCCN(C)C)cc1)c1ccccc1. The zero-order valence-corrected chi connectivity index (χ0v) is 18.5. The van der Waals surface area contributed by atoms with E-state index >= 15 is 0 Å². The third-order valence-corrected chi connectivity index (χ3v) is 5.22. The van der Waals surface area contributed by atoms with E-state index in [1.165, 1.54) is 40.7 Å². The number of unbranched alkanes of at least 4 members (excludes halogenated alkanes) is 1. The maximum Gasteiger partial charge on any atom is 0.119 e. The molecule has 2 heteroatoms. The average molecular weight is 400 g/mol. The van der Waals surface area contributed by atoms with E-state index in [1.54, 1.807) is 0 Å². The highest BCUT2D eigenvalue weighted by molar-refractivity contribution is 5.98. The molecule has 0 unspecified atom stereocenters. The Morgan fingerprint density at radius 1 is 0.733 bits per heavy atom. The summed E-state index contributed by atoms with van der Waals surface area (Å²) in [6.07, 6.45) is 3.41. The van der Waals surface area contributed by atoms with E-state index in [-0.39, 0.29) is 0 Å². The first kappa shape index (κ1) is 21.9. The summed E-state index contributed by atoms with van der Waals surface area (Å²) in [7, 11) is 4.12. The highest BCUT2D eigenvalue weighted by Gasteiger charge is 2.14. The van der Waals surface area contributed by atoms with Crippen LogP contribution in [0.1, 0.15) is 42.9 Å². The molecule has 0 heterocycles. The Bertz CT molecular complexity index is 912. The third kappa shape index (κ3) is 6.08. The van der Waals surface area contributed by atoms with Gasteiger partial charge in [-0.3, -0.25) is 0 Å². The summed E-state index contributed by atoms with van der Waals surface area (Å²) in [5.41, 5.74) is 6.51. The monoisotopic (exact) mass is 399 g/mol. The van der Waals surface area contributed by atoms with Gasteiger partial charge in [-0.1, -0.05) is 86.1 Å². The van der Waals surface area contributed by atoms with Crippen LogP contribution in [0.2, 0.25) is 0 Å². The Labute approximate surface area is 181 Å². The van der Waals surface area contributed by atoms with Crippen LogP contribution in [0.4, 0.5) is 0 Å². The molecule has 0 aromatic heterocycles. The van der Waals surface area contributed by atoms with Gasteiger partial charge in [0.2, 0.25) is 0 Å². The van der Waals surface area contributed by atoms with Gasteiger partial charge in [0.15, 0.2) is 0 Å². The van der Waals surface area contributed by atoms with Gasteiger partial charge in [0.1, 0.15) is 12.4 Å². The summed E-state index contributed by atoms with van der Waals surface area (Å²) in [5, 5.41) is 0. The molecule has 0 N–H and O–H groups in total. The molecule has 0 saturated heterocycles. The number of hydrogen-bond acceptors (Lipinski definition) is 2. The molecule has 0 bridgehead atoms. The fourth-order valence-corrected chi connectivity index (χ4v) is 3.59. The normalized spacial score (nSPS) is 12.0. The molecule has 0 aliphatic heterocycles. The molecule has 3 aromatic carbocycles. The number of rotatable bonds is 10. The first-order valence-electron chi connectivity index (χ1n) is 10.9. The fourth-order valence-electron chi connectivity index (χ4n) is 3.59. The summed E-state index contributed by atoms with van der Waals surface area (Å²) in [6, 6.07) is 30.1. The first-order chi connectivity index (χ1) is 14.7. The second kappa shape index (κ2) is 11.4. The van der Waals surface area contributed by atoms with Crippen LogP contribution in [0, 0.1) is 0 Å².